The molecule has 0 spiro atoms. The summed E-state index contributed by atoms with van der Waals surface area (Å²) in [6, 6.07) is 9.97. The largest absolute Gasteiger partial charge is 0.504 e. The molecule has 9 heterocycles. The number of hydrogen-bond acceptors (Lipinski definition) is 11. The van der Waals surface area contributed by atoms with Crippen LogP contribution in [0.25, 0.3) is 105 Å². The summed E-state index contributed by atoms with van der Waals surface area (Å²) in [5, 5.41) is 2.66. The van der Waals surface area contributed by atoms with Crippen molar-refractivity contribution in [3.63, 3.8) is 0 Å². The fourth-order valence-corrected chi connectivity index (χ4v) is 27.1. The number of benzene rings is 1. The Morgan fingerprint density at radius 1 is 0.349 bits per heavy atom. The van der Waals surface area contributed by atoms with Crippen molar-refractivity contribution in [2.75, 3.05) is 7.11 Å². The maximum Gasteiger partial charge on any atom is 0.142 e. The van der Waals surface area contributed by atoms with Crippen LogP contribution in [-0.2, 0) is 35.5 Å². The number of ether oxygens (including phenoxy) is 1. The van der Waals surface area contributed by atoms with Gasteiger partial charge < -0.3 is 13.9 Å². The number of fused-ring (bicyclic) bond motifs is 14. The van der Waals surface area contributed by atoms with E-state index in [2.05, 4.69) is 124 Å². The third kappa shape index (κ3) is 24.2. The van der Waals surface area contributed by atoms with Crippen molar-refractivity contribution in [1.29, 1.82) is 0 Å². The summed E-state index contributed by atoms with van der Waals surface area (Å²) < 4.78 is 31.4. The van der Waals surface area contributed by atoms with Gasteiger partial charge in [0.25, 0.3) is 0 Å². The number of rotatable bonds is 62. The fraction of sp³-hybridized carbons (Fsp3) is 0.677. The normalized spacial score (nSPS) is 13.6. The Kier molecular flexibility index (Phi) is 39.1. The summed E-state index contributed by atoms with van der Waals surface area (Å²) in [5.74, 6) is 2.53. The smallest absolute Gasteiger partial charge is 0.142 e. The lowest BCUT2D eigenvalue weighted by atomic mass is 9.91. The van der Waals surface area contributed by atoms with Gasteiger partial charge in [-0.05, 0) is 105 Å². The summed E-state index contributed by atoms with van der Waals surface area (Å²) in [5.41, 5.74) is 10.5. The van der Waals surface area contributed by atoms with Crippen molar-refractivity contribution in [1.82, 2.24) is 17.9 Å². The van der Waals surface area contributed by atoms with Crippen LogP contribution in [-0.4, -0.2) is 31.3 Å². The summed E-state index contributed by atoms with van der Waals surface area (Å²) in [7, 11) is 1.82. The summed E-state index contributed by atoms with van der Waals surface area (Å²) >= 11 is 13.6. The number of allylic oxidation sites excluding steroid dienone is 1. The lowest BCUT2D eigenvalue weighted by molar-refractivity contribution is -0.104. The number of carbonyl (C=O) groups is 1. The van der Waals surface area contributed by atoms with Gasteiger partial charge in [0.15, 0.2) is 0 Å². The van der Waals surface area contributed by atoms with Crippen LogP contribution in [0.15, 0.2) is 36.6 Å². The van der Waals surface area contributed by atoms with Gasteiger partial charge in [-0.15, -0.1) is 68.0 Å². The zero-order chi connectivity index (χ0) is 76.4. The molecule has 0 aliphatic carbocycles. The highest BCUT2D eigenvalue weighted by atomic mass is 32.1. The van der Waals surface area contributed by atoms with Gasteiger partial charge in [-0.25, -0.2) is 0 Å². The van der Waals surface area contributed by atoms with E-state index < -0.39 is 0 Å². The van der Waals surface area contributed by atoms with Crippen LogP contribution < -0.4 is 0 Å². The van der Waals surface area contributed by atoms with E-state index in [0.717, 1.165) is 42.7 Å². The molecule has 109 heavy (non-hydrogen) atoms. The summed E-state index contributed by atoms with van der Waals surface area (Å²) in [6.07, 6.45) is 75.0. The summed E-state index contributed by atoms with van der Waals surface area (Å²) in [4.78, 5) is 21.0. The van der Waals surface area contributed by atoms with Gasteiger partial charge in [0.2, 0.25) is 0 Å². The molecule has 0 radical (unpaired) electrons. The van der Waals surface area contributed by atoms with E-state index in [4.69, 9.17) is 13.5 Å². The first-order valence-corrected chi connectivity index (χ1v) is 51.0. The Morgan fingerprint density at radius 2 is 0.661 bits per heavy atom. The molecule has 0 aliphatic heterocycles. The number of nitrogens with zero attached hydrogens (tertiary/aromatic N) is 4. The molecule has 6 nitrogen and oxygen atoms in total. The average Bonchev–Trinajstić information content (AvgIpc) is 1.50. The van der Waals surface area contributed by atoms with Crippen LogP contribution in [0.4, 0.5) is 0 Å². The van der Waals surface area contributed by atoms with Crippen molar-refractivity contribution in [3.05, 3.63) is 56.1 Å². The van der Waals surface area contributed by atoms with Crippen LogP contribution in [0.3, 0.4) is 0 Å². The van der Waals surface area contributed by atoms with E-state index >= 15 is 0 Å². The zero-order valence-electron chi connectivity index (χ0n) is 69.7. The van der Waals surface area contributed by atoms with E-state index in [1.165, 1.54) is 423 Å². The topological polar surface area (TPSA) is 61.9 Å². The maximum absolute atomic E-state index is 12.6. The van der Waals surface area contributed by atoms with Gasteiger partial charge in [-0.3, -0.25) is 4.79 Å². The van der Waals surface area contributed by atoms with E-state index in [1.54, 1.807) is 11.0 Å². The second-order valence-corrected chi connectivity index (χ2v) is 40.3. The molecule has 602 valence electrons. The Morgan fingerprint density at radius 3 is 0.991 bits per heavy atom. The van der Waals surface area contributed by atoms with Gasteiger partial charge in [0.1, 0.15) is 17.3 Å². The SMILES string of the molecule is CCCCCCCCC(CCCCCC)Cc1ccc(-c2c(/C=C/C=O)sc3c2sc2c4c5nsnc5c5c6sc7c(-c8ccc(CC(CCCCCC)CCCCCCCC)s8)c(/C=C/OC)sc7c6n(CC(CCCCCC)CCCCCCCC)c5c4n(CC(CCCCCC)CCCCCCCC)c32)s1. The van der Waals surface area contributed by atoms with Crippen molar-refractivity contribution in [3.8, 4) is 20.9 Å². The maximum atomic E-state index is 12.6. The minimum absolute atomic E-state index is 0.531. The van der Waals surface area contributed by atoms with E-state index in [-0.39, 0.29) is 0 Å². The molecule has 9 aromatic heterocycles. The molecule has 4 unspecified atom stereocenters. The number of thiophene rings is 6. The highest BCUT2D eigenvalue weighted by molar-refractivity contribution is 7.36. The molecule has 0 N–H and O–H groups in total. The van der Waals surface area contributed by atoms with Crippen LogP contribution in [0.2, 0.25) is 0 Å². The molecule has 1 aromatic carbocycles. The Balaban J connectivity index is 1.21. The highest BCUT2D eigenvalue weighted by Gasteiger charge is 2.34. The third-order valence-corrected chi connectivity index (χ3v) is 32.1. The number of aromatic nitrogens is 4. The fourth-order valence-electron chi connectivity index (χ4n) is 18.2. The van der Waals surface area contributed by atoms with Crippen molar-refractivity contribution >= 4 is 170 Å². The molecule has 0 saturated carbocycles. The predicted molar refractivity (Wildman–Crippen MR) is 496 cm³/mol. The molecule has 0 fully saturated rings. The lowest BCUT2D eigenvalue weighted by Gasteiger charge is -2.22. The van der Waals surface area contributed by atoms with Crippen LogP contribution >= 0.6 is 79.7 Å². The van der Waals surface area contributed by atoms with Crippen LogP contribution in [0.1, 0.15) is 383 Å². The number of unbranched alkanes of at least 4 members (excludes halogenated alkanes) is 32. The van der Waals surface area contributed by atoms with Crippen LogP contribution in [0, 0.1) is 23.7 Å². The van der Waals surface area contributed by atoms with Gasteiger partial charge in [0.05, 0.1) is 75.4 Å². The molecule has 10 aromatic rings. The van der Waals surface area contributed by atoms with Gasteiger partial charge >= 0.3 is 0 Å². The number of methoxy groups -OCH3 is 1. The molecule has 0 aliphatic rings. The standard InChI is InChI=1S/C96H144N4O2S7/c1-10-18-26-34-38-46-53-71(51-42-30-22-14-5)67-75-60-62-78(103-75)81-77(59-50-65-101)105-95-89-91(107-93(81)95)83-85-86(98-109-97-85)84-88(87(83)99(89)69-73(55-44-32-24-16-7)57-48-40-36-28-20-12-3)100(70-74(56-45-33-25-17-8)58-49-41-37-29-21-13-4)90-92(84)108-94-82(80(64-66-102-9)106-96(90)94)79-63-61-76(104-79)68-72(52-43-31-23-15-6)54-47-39-35-27-19-11-2/h50,59-66,71-74H,10-49,51-58,67-70H2,1-9H3/b59-50+,66-64+. The second kappa shape index (κ2) is 48.6. The Hall–Kier alpha value is -3.69. The van der Waals surface area contributed by atoms with E-state index in [1.807, 2.05) is 58.7 Å². The average molecular weight is 1610 g/mol. The first-order chi connectivity index (χ1) is 53.8. The van der Waals surface area contributed by atoms with E-state index in [9.17, 15) is 4.79 Å². The Bertz CT molecular complexity index is 4280. The minimum atomic E-state index is 0.531. The molecule has 0 saturated heterocycles. The first kappa shape index (κ1) is 87.7. The minimum Gasteiger partial charge on any atom is -0.504 e. The van der Waals surface area contributed by atoms with Crippen molar-refractivity contribution in [2.45, 2.75) is 390 Å². The molecule has 0 bridgehead atoms. The van der Waals surface area contributed by atoms with Gasteiger partial charge in [0, 0.05) is 64.3 Å². The predicted octanol–water partition coefficient (Wildman–Crippen LogP) is 35.2. The number of aldehydes is 1. The number of carbonyl (C=O) groups excluding carboxylic acids is 1. The highest BCUT2D eigenvalue weighted by Crippen LogP contribution is 2.58. The zero-order valence-corrected chi connectivity index (χ0v) is 75.5. The molecular formula is C96H144N4O2S7. The lowest BCUT2D eigenvalue weighted by Crippen LogP contribution is -2.14. The second-order valence-electron chi connectivity index (χ2n) is 33.2. The first-order valence-electron chi connectivity index (χ1n) is 45.3. The molecule has 10 rings (SSSR count). The van der Waals surface area contributed by atoms with Gasteiger partial charge in [-0.1, -0.05) is 338 Å². The third-order valence-electron chi connectivity index (χ3n) is 24.3. The molecule has 0 amide bonds. The van der Waals surface area contributed by atoms with Crippen molar-refractivity contribution in [2.24, 2.45) is 23.7 Å². The molecule has 13 heteroatoms. The number of hydrogen-bond donors (Lipinski definition) is 0. The van der Waals surface area contributed by atoms with Gasteiger partial charge in [-0.2, -0.15) is 8.75 Å². The van der Waals surface area contributed by atoms with Crippen molar-refractivity contribution < 1.29 is 9.53 Å². The monoisotopic (exact) mass is 1610 g/mol. The molecular weight excluding hydrogens is 1470 g/mol. The van der Waals surface area contributed by atoms with Crippen LogP contribution in [0.5, 0.6) is 0 Å². The summed E-state index contributed by atoms with van der Waals surface area (Å²) in [6.45, 7) is 20.8. The quantitative estimate of drug-likeness (QED) is 0.0165. The Labute approximate surface area is 689 Å². The van der Waals surface area contributed by atoms with E-state index in [0.29, 0.717) is 17.8 Å². The molecule has 4 atom stereocenters.